The molecule has 0 aromatic heterocycles. The third kappa shape index (κ3) is 2.78. The number of nitrogens with two attached hydrogens (primary N) is 1. The third-order valence-electron chi connectivity index (χ3n) is 3.41. The molecule has 0 aliphatic carbocycles. The van der Waals surface area contributed by atoms with Crippen LogP contribution in [0.5, 0.6) is 5.75 Å². The highest BCUT2D eigenvalue weighted by molar-refractivity contribution is 6.30. The normalized spacial score (nSPS) is 25.1. The number of ether oxygens (including phenoxy) is 2. The van der Waals surface area contributed by atoms with Gasteiger partial charge < -0.3 is 9.47 Å². The molecule has 100 valence electrons. The van der Waals surface area contributed by atoms with E-state index >= 15 is 0 Å². The average molecular weight is 271 g/mol. The van der Waals surface area contributed by atoms with Crippen LogP contribution in [0.3, 0.4) is 0 Å². The van der Waals surface area contributed by atoms with E-state index in [1.807, 2.05) is 18.2 Å². The fourth-order valence-corrected chi connectivity index (χ4v) is 2.69. The number of rotatable bonds is 4. The summed E-state index contributed by atoms with van der Waals surface area (Å²) in [5, 5.41) is 0.679. The van der Waals surface area contributed by atoms with Gasteiger partial charge in [0.05, 0.1) is 25.9 Å². The Morgan fingerprint density at radius 1 is 1.56 bits per heavy atom. The van der Waals surface area contributed by atoms with E-state index < -0.39 is 0 Å². The van der Waals surface area contributed by atoms with Gasteiger partial charge in [-0.3, -0.25) is 11.3 Å². The summed E-state index contributed by atoms with van der Waals surface area (Å²) in [5.74, 6) is 6.82. The van der Waals surface area contributed by atoms with Gasteiger partial charge in [-0.1, -0.05) is 11.6 Å². The van der Waals surface area contributed by atoms with Crippen molar-refractivity contribution in [1.29, 1.82) is 0 Å². The number of nitrogens with one attached hydrogen (secondary N) is 1. The summed E-state index contributed by atoms with van der Waals surface area (Å²) in [7, 11) is 1.65. The monoisotopic (exact) mass is 270 g/mol. The molecular formula is C13H19ClN2O2. The van der Waals surface area contributed by atoms with Crippen LogP contribution in [0.15, 0.2) is 18.2 Å². The lowest BCUT2D eigenvalue weighted by Gasteiger charge is -2.24. The minimum Gasteiger partial charge on any atom is -0.496 e. The predicted octanol–water partition coefficient (Wildman–Crippen LogP) is 2.28. The Bertz CT molecular complexity index is 414. The summed E-state index contributed by atoms with van der Waals surface area (Å²) >= 11 is 6.05. The lowest BCUT2D eigenvalue weighted by Crippen LogP contribution is -2.34. The van der Waals surface area contributed by atoms with E-state index in [9.17, 15) is 0 Å². The number of hydrogen-bond donors (Lipinski definition) is 2. The maximum Gasteiger partial charge on any atom is 0.123 e. The van der Waals surface area contributed by atoms with Gasteiger partial charge in [0, 0.05) is 16.5 Å². The van der Waals surface area contributed by atoms with E-state index in [2.05, 4.69) is 12.3 Å². The number of halogens is 1. The van der Waals surface area contributed by atoms with Gasteiger partial charge in [-0.05, 0) is 31.5 Å². The Labute approximate surface area is 112 Å². The SMILES string of the molecule is COc1ccc(Cl)cc1C(NN)C1COC(C)C1. The Kier molecular flexibility index (Phi) is 4.45. The van der Waals surface area contributed by atoms with Crippen LogP contribution >= 0.6 is 11.6 Å². The van der Waals surface area contributed by atoms with Crippen molar-refractivity contribution in [3.63, 3.8) is 0 Å². The largest absolute Gasteiger partial charge is 0.496 e. The van der Waals surface area contributed by atoms with Crippen LogP contribution in [0.4, 0.5) is 0 Å². The molecule has 2 rings (SSSR count). The molecule has 1 aliphatic heterocycles. The van der Waals surface area contributed by atoms with Crippen molar-refractivity contribution in [1.82, 2.24) is 5.43 Å². The zero-order valence-electron chi connectivity index (χ0n) is 10.7. The van der Waals surface area contributed by atoms with Crippen LogP contribution in [0.25, 0.3) is 0 Å². The van der Waals surface area contributed by atoms with Crippen molar-refractivity contribution >= 4 is 11.6 Å². The molecule has 1 fully saturated rings. The molecule has 4 nitrogen and oxygen atoms in total. The fraction of sp³-hybridized carbons (Fsp3) is 0.538. The highest BCUT2D eigenvalue weighted by Gasteiger charge is 2.31. The van der Waals surface area contributed by atoms with Crippen LogP contribution < -0.4 is 16.0 Å². The predicted molar refractivity (Wildman–Crippen MR) is 71.6 cm³/mol. The maximum atomic E-state index is 6.05. The van der Waals surface area contributed by atoms with Gasteiger partial charge in [-0.15, -0.1) is 0 Å². The van der Waals surface area contributed by atoms with E-state index in [-0.39, 0.29) is 12.1 Å². The first kappa shape index (κ1) is 13.6. The third-order valence-corrected chi connectivity index (χ3v) is 3.64. The summed E-state index contributed by atoms with van der Waals surface area (Å²) in [6, 6.07) is 5.56. The van der Waals surface area contributed by atoms with E-state index in [1.165, 1.54) is 0 Å². The first-order valence-electron chi connectivity index (χ1n) is 6.07. The molecule has 3 unspecified atom stereocenters. The average Bonchev–Trinajstić information content (AvgIpc) is 2.77. The quantitative estimate of drug-likeness (QED) is 0.651. The van der Waals surface area contributed by atoms with Crippen LogP contribution in [0, 0.1) is 5.92 Å². The molecule has 0 saturated carbocycles. The molecule has 0 bridgehead atoms. The Morgan fingerprint density at radius 2 is 2.33 bits per heavy atom. The van der Waals surface area contributed by atoms with Crippen LogP contribution in [0.1, 0.15) is 24.9 Å². The minimum absolute atomic E-state index is 0.0106. The Balaban J connectivity index is 2.29. The summed E-state index contributed by atoms with van der Waals surface area (Å²) < 4.78 is 11.0. The second-order valence-corrected chi connectivity index (χ2v) is 5.11. The maximum absolute atomic E-state index is 6.05. The van der Waals surface area contributed by atoms with Crippen molar-refractivity contribution in [2.75, 3.05) is 13.7 Å². The van der Waals surface area contributed by atoms with Crippen LogP contribution in [-0.2, 0) is 4.74 Å². The molecule has 3 N–H and O–H groups in total. The van der Waals surface area contributed by atoms with E-state index in [4.69, 9.17) is 26.9 Å². The van der Waals surface area contributed by atoms with Gasteiger partial charge in [0.15, 0.2) is 0 Å². The van der Waals surface area contributed by atoms with Crippen molar-refractivity contribution in [3.8, 4) is 5.75 Å². The molecule has 0 amide bonds. The zero-order chi connectivity index (χ0) is 13.1. The second kappa shape index (κ2) is 5.89. The highest BCUT2D eigenvalue weighted by atomic mass is 35.5. The number of benzene rings is 1. The number of hydrogen-bond acceptors (Lipinski definition) is 4. The van der Waals surface area contributed by atoms with Crippen molar-refractivity contribution < 1.29 is 9.47 Å². The van der Waals surface area contributed by atoms with E-state index in [1.54, 1.807) is 7.11 Å². The molecule has 3 atom stereocenters. The van der Waals surface area contributed by atoms with Crippen molar-refractivity contribution in [2.45, 2.75) is 25.5 Å². The molecule has 1 aromatic carbocycles. The van der Waals surface area contributed by atoms with Gasteiger partial charge in [0.25, 0.3) is 0 Å². The number of methoxy groups -OCH3 is 1. The summed E-state index contributed by atoms with van der Waals surface area (Å²) in [4.78, 5) is 0. The van der Waals surface area contributed by atoms with Gasteiger partial charge in [-0.2, -0.15) is 0 Å². The zero-order valence-corrected chi connectivity index (χ0v) is 11.4. The topological polar surface area (TPSA) is 56.5 Å². The van der Waals surface area contributed by atoms with Gasteiger partial charge in [-0.25, -0.2) is 0 Å². The molecule has 0 radical (unpaired) electrons. The molecule has 1 aliphatic rings. The van der Waals surface area contributed by atoms with Gasteiger partial charge in [0.1, 0.15) is 5.75 Å². The van der Waals surface area contributed by atoms with Crippen molar-refractivity contribution in [2.24, 2.45) is 11.8 Å². The molecule has 0 spiro atoms. The van der Waals surface area contributed by atoms with Crippen LogP contribution in [-0.4, -0.2) is 19.8 Å². The highest BCUT2D eigenvalue weighted by Crippen LogP contribution is 2.36. The van der Waals surface area contributed by atoms with Crippen LogP contribution in [0.2, 0.25) is 5.02 Å². The fourth-order valence-electron chi connectivity index (χ4n) is 2.51. The standard InChI is InChI=1S/C13H19ClN2O2/c1-8-5-9(7-18-8)13(16-15)11-6-10(14)3-4-12(11)17-2/h3-4,6,8-9,13,16H,5,7,15H2,1-2H3. The van der Waals surface area contributed by atoms with Gasteiger partial charge >= 0.3 is 0 Å². The first-order chi connectivity index (χ1) is 8.65. The molecule has 5 heteroatoms. The first-order valence-corrected chi connectivity index (χ1v) is 6.44. The Hall–Kier alpha value is -0.810. The smallest absolute Gasteiger partial charge is 0.123 e. The molecule has 1 saturated heterocycles. The summed E-state index contributed by atoms with van der Waals surface area (Å²) in [5.41, 5.74) is 3.85. The van der Waals surface area contributed by atoms with E-state index in [0.717, 1.165) is 17.7 Å². The summed E-state index contributed by atoms with van der Waals surface area (Å²) in [6.45, 7) is 2.77. The van der Waals surface area contributed by atoms with Gasteiger partial charge in [0.2, 0.25) is 0 Å². The lowest BCUT2D eigenvalue weighted by atomic mass is 9.91. The molecule has 1 heterocycles. The second-order valence-electron chi connectivity index (χ2n) is 4.67. The minimum atomic E-state index is -0.0106. The number of hydrazine groups is 1. The molecular weight excluding hydrogens is 252 g/mol. The summed E-state index contributed by atoms with van der Waals surface area (Å²) in [6.07, 6.45) is 1.25. The lowest BCUT2D eigenvalue weighted by molar-refractivity contribution is 0.116. The Morgan fingerprint density at radius 3 is 2.89 bits per heavy atom. The van der Waals surface area contributed by atoms with E-state index in [0.29, 0.717) is 17.5 Å². The molecule has 1 aromatic rings. The molecule has 18 heavy (non-hydrogen) atoms. The van der Waals surface area contributed by atoms with Crippen molar-refractivity contribution in [3.05, 3.63) is 28.8 Å².